The van der Waals surface area contributed by atoms with Crippen molar-refractivity contribution < 1.29 is 18.7 Å². The molecule has 1 aromatic heterocycles. The van der Waals surface area contributed by atoms with Crippen LogP contribution in [-0.2, 0) is 10.5 Å². The van der Waals surface area contributed by atoms with Gasteiger partial charge in [-0.3, -0.25) is 14.2 Å². The highest BCUT2D eigenvalue weighted by Crippen LogP contribution is 2.27. The number of methoxy groups -OCH3 is 2. The SMILES string of the molecule is COCCNC(=O)c1ccc2c(=O)n(-c3cccc(OC)c3)c(SCc3ccccc3F)nc2c1. The van der Waals surface area contributed by atoms with Crippen molar-refractivity contribution in [3.05, 3.63) is 94.0 Å². The summed E-state index contributed by atoms with van der Waals surface area (Å²) in [6.45, 7) is 0.752. The summed E-state index contributed by atoms with van der Waals surface area (Å²) >= 11 is 1.24. The van der Waals surface area contributed by atoms with E-state index in [4.69, 9.17) is 14.5 Å². The maximum Gasteiger partial charge on any atom is 0.266 e. The number of hydrogen-bond acceptors (Lipinski definition) is 6. The summed E-state index contributed by atoms with van der Waals surface area (Å²) in [7, 11) is 3.10. The zero-order valence-corrected chi connectivity index (χ0v) is 20.1. The molecular weight excluding hydrogens is 469 g/mol. The number of halogens is 1. The van der Waals surface area contributed by atoms with Gasteiger partial charge in [-0.15, -0.1) is 0 Å². The Morgan fingerprint density at radius 1 is 1.09 bits per heavy atom. The third-order valence-corrected chi connectivity index (χ3v) is 6.31. The Bertz CT molecular complexity index is 1420. The van der Waals surface area contributed by atoms with Crippen LogP contribution in [0.25, 0.3) is 16.6 Å². The number of aromatic nitrogens is 2. The van der Waals surface area contributed by atoms with E-state index in [1.165, 1.54) is 22.4 Å². The predicted octanol–water partition coefficient (Wildman–Crippen LogP) is 4.20. The topological polar surface area (TPSA) is 82.5 Å². The summed E-state index contributed by atoms with van der Waals surface area (Å²) in [4.78, 5) is 30.8. The molecule has 9 heteroatoms. The maximum atomic E-state index is 14.2. The first-order chi connectivity index (χ1) is 17.0. The molecule has 180 valence electrons. The molecule has 0 bridgehead atoms. The number of fused-ring (bicyclic) bond motifs is 1. The van der Waals surface area contributed by atoms with Gasteiger partial charge in [0.1, 0.15) is 11.6 Å². The normalized spacial score (nSPS) is 10.9. The van der Waals surface area contributed by atoms with Crippen LogP contribution in [0.15, 0.2) is 76.7 Å². The Morgan fingerprint density at radius 2 is 1.91 bits per heavy atom. The third-order valence-electron chi connectivity index (χ3n) is 5.32. The molecule has 0 spiro atoms. The van der Waals surface area contributed by atoms with E-state index in [0.29, 0.717) is 51.8 Å². The van der Waals surface area contributed by atoms with Crippen molar-refractivity contribution >= 4 is 28.6 Å². The lowest BCUT2D eigenvalue weighted by molar-refractivity contribution is 0.0937. The lowest BCUT2D eigenvalue weighted by atomic mass is 10.1. The van der Waals surface area contributed by atoms with Crippen molar-refractivity contribution in [2.45, 2.75) is 10.9 Å². The third kappa shape index (κ3) is 5.52. The van der Waals surface area contributed by atoms with Crippen LogP contribution in [0, 0.1) is 5.82 Å². The molecule has 1 N–H and O–H groups in total. The summed E-state index contributed by atoms with van der Waals surface area (Å²) < 4.78 is 26.0. The molecule has 1 amide bonds. The van der Waals surface area contributed by atoms with E-state index in [9.17, 15) is 14.0 Å². The number of thioether (sulfide) groups is 1. The Kier molecular flexibility index (Phi) is 7.79. The van der Waals surface area contributed by atoms with Gasteiger partial charge < -0.3 is 14.8 Å². The van der Waals surface area contributed by atoms with Gasteiger partial charge >= 0.3 is 0 Å². The van der Waals surface area contributed by atoms with Gasteiger partial charge in [-0.1, -0.05) is 36.0 Å². The molecule has 0 aliphatic heterocycles. The predicted molar refractivity (Wildman–Crippen MR) is 134 cm³/mol. The van der Waals surface area contributed by atoms with Crippen LogP contribution in [-0.4, -0.2) is 42.8 Å². The first-order valence-corrected chi connectivity index (χ1v) is 11.8. The number of rotatable bonds is 9. The van der Waals surface area contributed by atoms with E-state index in [2.05, 4.69) is 5.32 Å². The molecule has 0 aliphatic carbocycles. The molecule has 0 unspecified atom stereocenters. The summed E-state index contributed by atoms with van der Waals surface area (Å²) in [6, 6.07) is 18.3. The number of amides is 1. The van der Waals surface area contributed by atoms with Crippen LogP contribution in [0.5, 0.6) is 5.75 Å². The van der Waals surface area contributed by atoms with Gasteiger partial charge in [-0.25, -0.2) is 9.37 Å². The lowest BCUT2D eigenvalue weighted by Gasteiger charge is -2.15. The van der Waals surface area contributed by atoms with Crippen molar-refractivity contribution in [1.29, 1.82) is 0 Å². The quantitative estimate of drug-likeness (QED) is 0.214. The molecule has 1 heterocycles. The average molecular weight is 494 g/mol. The largest absolute Gasteiger partial charge is 0.497 e. The van der Waals surface area contributed by atoms with Crippen LogP contribution in [0.4, 0.5) is 4.39 Å². The van der Waals surface area contributed by atoms with E-state index in [0.717, 1.165) is 0 Å². The number of benzene rings is 3. The van der Waals surface area contributed by atoms with Crippen molar-refractivity contribution in [3.63, 3.8) is 0 Å². The van der Waals surface area contributed by atoms with Gasteiger partial charge in [0.05, 0.1) is 30.3 Å². The highest BCUT2D eigenvalue weighted by molar-refractivity contribution is 7.98. The number of nitrogens with zero attached hydrogens (tertiary/aromatic N) is 2. The summed E-state index contributed by atoms with van der Waals surface area (Å²) in [5.74, 6) is 0.239. The Balaban J connectivity index is 1.80. The maximum absolute atomic E-state index is 14.2. The van der Waals surface area contributed by atoms with Crippen molar-refractivity contribution in [2.75, 3.05) is 27.4 Å². The fourth-order valence-electron chi connectivity index (χ4n) is 3.51. The molecular formula is C26H24FN3O4S. The van der Waals surface area contributed by atoms with Gasteiger partial charge in [0, 0.05) is 31.0 Å². The Morgan fingerprint density at radius 3 is 2.69 bits per heavy atom. The summed E-state index contributed by atoms with van der Waals surface area (Å²) in [6.07, 6.45) is 0. The number of ether oxygens (including phenoxy) is 2. The molecule has 3 aromatic carbocycles. The first kappa shape index (κ1) is 24.4. The highest BCUT2D eigenvalue weighted by Gasteiger charge is 2.16. The van der Waals surface area contributed by atoms with E-state index in [1.807, 2.05) is 0 Å². The number of nitrogens with one attached hydrogen (secondary N) is 1. The lowest BCUT2D eigenvalue weighted by Crippen LogP contribution is -2.27. The second kappa shape index (κ2) is 11.2. The smallest absolute Gasteiger partial charge is 0.266 e. The number of carbonyl (C=O) groups excluding carboxylic acids is 1. The molecule has 0 saturated carbocycles. The second-order valence-electron chi connectivity index (χ2n) is 7.60. The molecule has 4 rings (SSSR count). The molecule has 0 aliphatic rings. The highest BCUT2D eigenvalue weighted by atomic mass is 32.2. The fraction of sp³-hybridized carbons (Fsp3) is 0.192. The van der Waals surface area contributed by atoms with Crippen LogP contribution in [0.3, 0.4) is 0 Å². The standard InChI is InChI=1S/C26H24FN3O4S/c1-33-13-12-28-24(31)17-10-11-21-23(14-17)29-26(35-16-18-6-3-4-9-22(18)27)30(25(21)32)19-7-5-8-20(15-19)34-2/h3-11,14-15H,12-13,16H2,1-2H3,(H,28,31). The van der Waals surface area contributed by atoms with Gasteiger partial charge in [0.2, 0.25) is 0 Å². The minimum atomic E-state index is -0.328. The Labute approximate surface area is 205 Å². The molecule has 0 saturated heterocycles. The minimum Gasteiger partial charge on any atom is -0.497 e. The minimum absolute atomic E-state index is 0.270. The molecule has 0 radical (unpaired) electrons. The van der Waals surface area contributed by atoms with E-state index < -0.39 is 0 Å². The molecule has 4 aromatic rings. The monoisotopic (exact) mass is 493 g/mol. The van der Waals surface area contributed by atoms with Crippen LogP contribution in [0.1, 0.15) is 15.9 Å². The molecule has 0 fully saturated rings. The van der Waals surface area contributed by atoms with Crippen molar-refractivity contribution in [3.8, 4) is 11.4 Å². The van der Waals surface area contributed by atoms with Crippen LogP contribution < -0.4 is 15.6 Å². The van der Waals surface area contributed by atoms with Crippen molar-refractivity contribution in [2.24, 2.45) is 0 Å². The molecule has 35 heavy (non-hydrogen) atoms. The van der Waals surface area contributed by atoms with Gasteiger partial charge in [-0.05, 0) is 42.0 Å². The van der Waals surface area contributed by atoms with Gasteiger partial charge in [0.15, 0.2) is 5.16 Å². The summed E-state index contributed by atoms with van der Waals surface area (Å²) in [5, 5.41) is 3.49. The zero-order valence-electron chi connectivity index (χ0n) is 19.3. The fourth-order valence-corrected chi connectivity index (χ4v) is 4.51. The van der Waals surface area contributed by atoms with Crippen LogP contribution >= 0.6 is 11.8 Å². The molecule has 0 atom stereocenters. The second-order valence-corrected chi connectivity index (χ2v) is 8.54. The molecule has 7 nitrogen and oxygen atoms in total. The Hall–Kier alpha value is -3.69. The number of carbonyl (C=O) groups is 1. The average Bonchev–Trinajstić information content (AvgIpc) is 2.88. The van der Waals surface area contributed by atoms with E-state index >= 15 is 0 Å². The van der Waals surface area contributed by atoms with Gasteiger partial charge in [0.25, 0.3) is 11.5 Å². The van der Waals surface area contributed by atoms with Crippen molar-refractivity contribution in [1.82, 2.24) is 14.9 Å². The first-order valence-electron chi connectivity index (χ1n) is 10.9. The van der Waals surface area contributed by atoms with Gasteiger partial charge in [-0.2, -0.15) is 0 Å². The van der Waals surface area contributed by atoms with E-state index in [-0.39, 0.29) is 23.0 Å². The zero-order chi connectivity index (χ0) is 24.8. The van der Waals surface area contributed by atoms with E-state index in [1.54, 1.807) is 74.9 Å². The van der Waals surface area contributed by atoms with Crippen LogP contribution in [0.2, 0.25) is 0 Å². The number of hydrogen-bond donors (Lipinski definition) is 1. The summed E-state index contributed by atoms with van der Waals surface area (Å²) in [5.41, 5.74) is 1.52.